The molecular weight excluding hydrogens is 433 g/mol. The van der Waals surface area contributed by atoms with E-state index in [0.717, 1.165) is 12.1 Å². The van der Waals surface area contributed by atoms with Crippen molar-refractivity contribution in [1.29, 1.82) is 0 Å². The Morgan fingerprint density at radius 1 is 0.903 bits per heavy atom. The zero-order chi connectivity index (χ0) is 22.4. The molecule has 3 aromatic carbocycles. The summed E-state index contributed by atoms with van der Waals surface area (Å²) < 4.78 is 43.5. The highest BCUT2D eigenvalue weighted by atomic mass is 35.5. The third-order valence-electron chi connectivity index (χ3n) is 4.08. The van der Waals surface area contributed by atoms with Gasteiger partial charge >= 0.3 is 6.18 Å². The van der Waals surface area contributed by atoms with E-state index in [1.807, 2.05) is 0 Å². The summed E-state index contributed by atoms with van der Waals surface area (Å²) in [6, 6.07) is 17.1. The third kappa shape index (κ3) is 6.23. The van der Waals surface area contributed by atoms with E-state index in [4.69, 9.17) is 16.3 Å². The Labute approximate surface area is 180 Å². The van der Waals surface area contributed by atoms with Gasteiger partial charge in [-0.15, -0.1) is 0 Å². The fourth-order valence-corrected chi connectivity index (χ4v) is 2.76. The zero-order valence-corrected chi connectivity index (χ0v) is 16.6. The second-order valence-corrected chi connectivity index (χ2v) is 6.78. The number of hydrogen-bond acceptors (Lipinski definition) is 3. The van der Waals surface area contributed by atoms with E-state index < -0.39 is 24.3 Å². The molecule has 0 atom stereocenters. The van der Waals surface area contributed by atoms with Crippen LogP contribution in [0.4, 0.5) is 24.5 Å². The minimum absolute atomic E-state index is 0.00927. The van der Waals surface area contributed by atoms with Gasteiger partial charge in [-0.1, -0.05) is 29.8 Å². The maximum absolute atomic E-state index is 12.7. The van der Waals surface area contributed by atoms with Crippen LogP contribution in [0.1, 0.15) is 15.9 Å². The van der Waals surface area contributed by atoms with E-state index in [0.29, 0.717) is 22.0 Å². The van der Waals surface area contributed by atoms with Crippen molar-refractivity contribution in [3.63, 3.8) is 0 Å². The Hall–Kier alpha value is -3.52. The molecule has 0 radical (unpaired) electrons. The Bertz CT molecular complexity index is 1090. The monoisotopic (exact) mass is 448 g/mol. The van der Waals surface area contributed by atoms with Crippen LogP contribution in [0.25, 0.3) is 0 Å². The minimum atomic E-state index is -4.50. The summed E-state index contributed by atoms with van der Waals surface area (Å²) >= 11 is 6.01. The van der Waals surface area contributed by atoms with Gasteiger partial charge in [0.05, 0.1) is 16.3 Å². The molecule has 0 aromatic heterocycles. The van der Waals surface area contributed by atoms with E-state index in [1.54, 1.807) is 24.3 Å². The topological polar surface area (TPSA) is 67.4 Å². The molecule has 3 aromatic rings. The lowest BCUT2D eigenvalue weighted by Gasteiger charge is -2.11. The standard InChI is InChI=1S/C22H16ClF3N2O3/c23-18-6-1-2-7-19(18)28-21(30)14-8-10-17(11-9-14)31-13-20(29)27-16-5-3-4-15(12-16)22(24,25)26/h1-12H,13H2,(H,27,29)(H,28,30). The average Bonchev–Trinajstić information content (AvgIpc) is 2.74. The third-order valence-corrected chi connectivity index (χ3v) is 4.41. The van der Waals surface area contributed by atoms with E-state index in [9.17, 15) is 22.8 Å². The highest BCUT2D eigenvalue weighted by Gasteiger charge is 2.30. The largest absolute Gasteiger partial charge is 0.484 e. The number of amides is 2. The van der Waals surface area contributed by atoms with Gasteiger partial charge in [0.1, 0.15) is 5.75 Å². The lowest BCUT2D eigenvalue weighted by atomic mass is 10.2. The van der Waals surface area contributed by atoms with E-state index in [2.05, 4.69) is 10.6 Å². The molecule has 0 bridgehead atoms. The van der Waals surface area contributed by atoms with Crippen LogP contribution in [0.2, 0.25) is 5.02 Å². The molecule has 0 saturated heterocycles. The molecule has 160 valence electrons. The van der Waals surface area contributed by atoms with Crippen molar-refractivity contribution in [2.75, 3.05) is 17.2 Å². The number of anilines is 2. The van der Waals surface area contributed by atoms with Gasteiger partial charge in [0.15, 0.2) is 6.61 Å². The Morgan fingerprint density at radius 2 is 1.61 bits per heavy atom. The van der Waals surface area contributed by atoms with Gasteiger partial charge in [0.25, 0.3) is 11.8 Å². The molecule has 0 aliphatic carbocycles. The summed E-state index contributed by atoms with van der Waals surface area (Å²) in [7, 11) is 0. The summed E-state index contributed by atoms with van der Waals surface area (Å²) in [4.78, 5) is 24.3. The quantitative estimate of drug-likeness (QED) is 0.513. The van der Waals surface area contributed by atoms with Gasteiger partial charge in [0.2, 0.25) is 0 Å². The molecule has 0 heterocycles. The van der Waals surface area contributed by atoms with Crippen molar-refractivity contribution in [2.45, 2.75) is 6.18 Å². The van der Waals surface area contributed by atoms with E-state index >= 15 is 0 Å². The Morgan fingerprint density at radius 3 is 2.29 bits per heavy atom. The first-order valence-corrected chi connectivity index (χ1v) is 9.36. The van der Waals surface area contributed by atoms with Gasteiger partial charge in [0, 0.05) is 11.3 Å². The fraction of sp³-hybridized carbons (Fsp3) is 0.0909. The van der Waals surface area contributed by atoms with Crippen LogP contribution in [0.3, 0.4) is 0 Å². The van der Waals surface area contributed by atoms with Crippen molar-refractivity contribution in [3.05, 3.63) is 88.9 Å². The predicted molar refractivity (Wildman–Crippen MR) is 111 cm³/mol. The maximum Gasteiger partial charge on any atom is 0.416 e. The van der Waals surface area contributed by atoms with Crippen molar-refractivity contribution in [1.82, 2.24) is 0 Å². The first-order valence-electron chi connectivity index (χ1n) is 8.98. The first kappa shape index (κ1) is 22.2. The SMILES string of the molecule is O=C(COc1ccc(C(=O)Nc2ccccc2Cl)cc1)Nc1cccc(C(F)(F)F)c1. The lowest BCUT2D eigenvalue weighted by molar-refractivity contribution is -0.137. The number of carbonyl (C=O) groups is 2. The number of alkyl halides is 3. The normalized spacial score (nSPS) is 11.0. The Balaban J connectivity index is 1.54. The van der Waals surface area contributed by atoms with Crippen molar-refractivity contribution >= 4 is 34.8 Å². The molecule has 0 saturated carbocycles. The number of para-hydroxylation sites is 1. The first-order chi connectivity index (χ1) is 14.7. The van der Waals surface area contributed by atoms with Gasteiger partial charge in [-0.2, -0.15) is 13.2 Å². The summed E-state index contributed by atoms with van der Waals surface area (Å²) in [5.74, 6) is -0.685. The second kappa shape index (κ2) is 9.53. The summed E-state index contributed by atoms with van der Waals surface area (Å²) in [5.41, 5.74) is -0.0339. The van der Waals surface area contributed by atoms with Crippen LogP contribution in [-0.4, -0.2) is 18.4 Å². The van der Waals surface area contributed by atoms with Crippen LogP contribution in [0.15, 0.2) is 72.8 Å². The lowest BCUT2D eigenvalue weighted by Crippen LogP contribution is -2.20. The van der Waals surface area contributed by atoms with Crippen molar-refractivity contribution < 1.29 is 27.5 Å². The van der Waals surface area contributed by atoms with E-state index in [1.165, 1.54) is 36.4 Å². The van der Waals surface area contributed by atoms with E-state index in [-0.39, 0.29) is 11.6 Å². The van der Waals surface area contributed by atoms with Gasteiger partial charge in [-0.25, -0.2) is 0 Å². The smallest absolute Gasteiger partial charge is 0.416 e. The number of hydrogen-bond donors (Lipinski definition) is 2. The molecule has 0 fully saturated rings. The van der Waals surface area contributed by atoms with Crippen LogP contribution < -0.4 is 15.4 Å². The van der Waals surface area contributed by atoms with Crippen LogP contribution in [0.5, 0.6) is 5.75 Å². The average molecular weight is 449 g/mol. The molecule has 31 heavy (non-hydrogen) atoms. The number of halogens is 4. The van der Waals surface area contributed by atoms with Crippen molar-refractivity contribution in [3.8, 4) is 5.75 Å². The molecule has 3 rings (SSSR count). The highest BCUT2D eigenvalue weighted by molar-refractivity contribution is 6.33. The number of carbonyl (C=O) groups excluding carboxylic acids is 2. The molecule has 9 heteroatoms. The van der Waals surface area contributed by atoms with Crippen LogP contribution >= 0.6 is 11.6 Å². The fourth-order valence-electron chi connectivity index (χ4n) is 2.58. The van der Waals surface area contributed by atoms with Gasteiger partial charge < -0.3 is 15.4 Å². The molecule has 0 aliphatic heterocycles. The van der Waals surface area contributed by atoms with Crippen molar-refractivity contribution in [2.24, 2.45) is 0 Å². The number of benzene rings is 3. The molecule has 5 nitrogen and oxygen atoms in total. The number of rotatable bonds is 6. The summed E-state index contributed by atoms with van der Waals surface area (Å²) in [5, 5.41) is 5.43. The Kier molecular flexibility index (Phi) is 6.81. The van der Waals surface area contributed by atoms with Crippen LogP contribution in [0, 0.1) is 0 Å². The maximum atomic E-state index is 12.7. The molecule has 2 N–H and O–H groups in total. The molecule has 0 spiro atoms. The highest BCUT2D eigenvalue weighted by Crippen LogP contribution is 2.30. The zero-order valence-electron chi connectivity index (χ0n) is 15.9. The molecule has 0 unspecified atom stereocenters. The minimum Gasteiger partial charge on any atom is -0.484 e. The predicted octanol–water partition coefficient (Wildman–Crippen LogP) is 5.63. The number of ether oxygens (including phenoxy) is 1. The second-order valence-electron chi connectivity index (χ2n) is 6.37. The summed E-state index contributed by atoms with van der Waals surface area (Å²) in [6.45, 7) is -0.415. The number of nitrogens with one attached hydrogen (secondary N) is 2. The molecule has 2 amide bonds. The van der Waals surface area contributed by atoms with Crippen LogP contribution in [-0.2, 0) is 11.0 Å². The van der Waals surface area contributed by atoms with Gasteiger partial charge in [-0.3, -0.25) is 9.59 Å². The summed E-state index contributed by atoms with van der Waals surface area (Å²) in [6.07, 6.45) is -4.50. The van der Waals surface area contributed by atoms with Gasteiger partial charge in [-0.05, 0) is 54.6 Å². The molecule has 0 aliphatic rings. The molecular formula is C22H16ClF3N2O3.